The summed E-state index contributed by atoms with van der Waals surface area (Å²) in [4.78, 5) is 4.33. The summed E-state index contributed by atoms with van der Waals surface area (Å²) in [6.07, 6.45) is 6.75. The highest BCUT2D eigenvalue weighted by Crippen LogP contribution is 2.38. The summed E-state index contributed by atoms with van der Waals surface area (Å²) in [7, 11) is 0. The summed E-state index contributed by atoms with van der Waals surface area (Å²) in [6.45, 7) is 4.86. The van der Waals surface area contributed by atoms with Crippen LogP contribution in [0.5, 0.6) is 5.75 Å². The molecule has 0 bridgehead atoms. The fourth-order valence-electron chi connectivity index (χ4n) is 4.11. The van der Waals surface area contributed by atoms with Crippen molar-refractivity contribution in [2.75, 3.05) is 18.8 Å². The van der Waals surface area contributed by atoms with Crippen LogP contribution in [0.1, 0.15) is 37.9 Å². The van der Waals surface area contributed by atoms with Crippen molar-refractivity contribution < 1.29 is 9.13 Å². The molecule has 1 fully saturated rings. The summed E-state index contributed by atoms with van der Waals surface area (Å²) in [5, 5.41) is 4.56. The van der Waals surface area contributed by atoms with E-state index in [0.29, 0.717) is 16.3 Å². The summed E-state index contributed by atoms with van der Waals surface area (Å²) in [6, 6.07) is 4.68. The zero-order valence-electron chi connectivity index (χ0n) is 16.8. The fraction of sp³-hybridized carbons (Fsp3) is 0.409. The normalized spacial score (nSPS) is 16.1. The first kappa shape index (κ1) is 21.2. The maximum absolute atomic E-state index is 13.9. The van der Waals surface area contributed by atoms with Crippen LogP contribution in [0.3, 0.4) is 0 Å². The molecule has 1 aromatic carbocycles. The number of fused-ring (bicyclic) bond motifs is 1. The van der Waals surface area contributed by atoms with E-state index in [0.717, 1.165) is 42.9 Å². The number of piperidine rings is 1. The number of halogens is 3. The first-order chi connectivity index (χ1) is 14.5. The van der Waals surface area contributed by atoms with Gasteiger partial charge in [0, 0.05) is 28.7 Å². The average Bonchev–Trinajstić information content (AvgIpc) is 3.15. The van der Waals surface area contributed by atoms with Crippen molar-refractivity contribution in [3.05, 3.63) is 52.0 Å². The molecule has 0 saturated carbocycles. The number of nitrogens with two attached hydrogens (primary N) is 1. The Bertz CT molecular complexity index is 1050. The quantitative estimate of drug-likeness (QED) is 0.480. The van der Waals surface area contributed by atoms with E-state index in [1.807, 2.05) is 12.3 Å². The van der Waals surface area contributed by atoms with E-state index in [1.54, 1.807) is 13.1 Å². The average molecular weight is 451 g/mol. The SMILES string of the molecule is CC(Oc1c(N)ncc2c1ccn2CCC1CCNCC1)c1c(Cl)ccc(F)c1Cl. The molecule has 3 N–H and O–H groups in total. The lowest BCUT2D eigenvalue weighted by atomic mass is 9.95. The van der Waals surface area contributed by atoms with Crippen LogP contribution in [0, 0.1) is 11.7 Å². The van der Waals surface area contributed by atoms with Crippen LogP contribution >= 0.6 is 23.2 Å². The molecule has 0 radical (unpaired) electrons. The summed E-state index contributed by atoms with van der Waals surface area (Å²) < 4.78 is 22.2. The van der Waals surface area contributed by atoms with Gasteiger partial charge in [-0.1, -0.05) is 23.2 Å². The Morgan fingerprint density at radius 3 is 2.83 bits per heavy atom. The molecule has 3 aromatic rings. The molecule has 8 heteroatoms. The number of nitrogen functional groups attached to an aromatic ring is 1. The van der Waals surface area contributed by atoms with Gasteiger partial charge >= 0.3 is 0 Å². The molecule has 1 aliphatic rings. The van der Waals surface area contributed by atoms with Gasteiger partial charge in [-0.05, 0) is 63.4 Å². The number of pyridine rings is 1. The van der Waals surface area contributed by atoms with E-state index in [4.69, 9.17) is 33.7 Å². The summed E-state index contributed by atoms with van der Waals surface area (Å²) >= 11 is 12.4. The molecule has 4 rings (SSSR count). The maximum atomic E-state index is 13.9. The first-order valence-corrected chi connectivity index (χ1v) is 11.0. The Balaban J connectivity index is 1.59. The van der Waals surface area contributed by atoms with Crippen LogP contribution in [-0.4, -0.2) is 22.6 Å². The van der Waals surface area contributed by atoms with E-state index >= 15 is 0 Å². The second-order valence-electron chi connectivity index (χ2n) is 7.78. The van der Waals surface area contributed by atoms with Gasteiger partial charge in [-0.3, -0.25) is 0 Å². The van der Waals surface area contributed by atoms with Gasteiger partial charge in [-0.25, -0.2) is 9.37 Å². The second kappa shape index (κ2) is 9.00. The van der Waals surface area contributed by atoms with Crippen molar-refractivity contribution in [1.82, 2.24) is 14.9 Å². The molecule has 0 aliphatic carbocycles. The van der Waals surface area contributed by atoms with Gasteiger partial charge in [0.1, 0.15) is 11.9 Å². The number of hydrogen-bond donors (Lipinski definition) is 2. The molecular weight excluding hydrogens is 426 g/mol. The highest BCUT2D eigenvalue weighted by molar-refractivity contribution is 6.36. The fourth-order valence-corrected chi connectivity index (χ4v) is 4.79. The molecule has 30 heavy (non-hydrogen) atoms. The van der Waals surface area contributed by atoms with Crippen LogP contribution in [0.15, 0.2) is 30.6 Å². The van der Waals surface area contributed by atoms with Gasteiger partial charge in [-0.2, -0.15) is 0 Å². The summed E-state index contributed by atoms with van der Waals surface area (Å²) in [5.41, 5.74) is 7.47. The predicted octanol–water partition coefficient (Wildman–Crippen LogP) is 5.59. The van der Waals surface area contributed by atoms with Crippen LogP contribution in [-0.2, 0) is 6.54 Å². The Morgan fingerprint density at radius 2 is 2.07 bits per heavy atom. The highest BCUT2D eigenvalue weighted by Gasteiger charge is 2.22. The summed E-state index contributed by atoms with van der Waals surface area (Å²) in [5.74, 6) is 0.921. The van der Waals surface area contributed by atoms with Crippen LogP contribution in [0.25, 0.3) is 10.9 Å². The first-order valence-electron chi connectivity index (χ1n) is 10.2. The number of aryl methyl sites for hydroxylation is 1. The van der Waals surface area contributed by atoms with Crippen molar-refractivity contribution in [2.24, 2.45) is 5.92 Å². The molecule has 160 valence electrons. The van der Waals surface area contributed by atoms with Crippen molar-refractivity contribution >= 4 is 39.9 Å². The topological polar surface area (TPSA) is 65.1 Å². The number of nitrogens with one attached hydrogen (secondary N) is 1. The lowest BCUT2D eigenvalue weighted by Gasteiger charge is -2.23. The van der Waals surface area contributed by atoms with Gasteiger partial charge in [0.2, 0.25) is 0 Å². The van der Waals surface area contributed by atoms with Gasteiger partial charge in [-0.15, -0.1) is 0 Å². The lowest BCUT2D eigenvalue weighted by Crippen LogP contribution is -2.28. The Kier molecular flexibility index (Phi) is 6.37. The van der Waals surface area contributed by atoms with Gasteiger partial charge in [0.25, 0.3) is 0 Å². The van der Waals surface area contributed by atoms with Crippen LogP contribution in [0.2, 0.25) is 10.0 Å². The largest absolute Gasteiger partial charge is 0.481 e. The van der Waals surface area contributed by atoms with Gasteiger partial charge in [0.15, 0.2) is 11.6 Å². The Hall–Kier alpha value is -2.02. The number of aromatic nitrogens is 2. The van der Waals surface area contributed by atoms with Crippen molar-refractivity contribution in [2.45, 2.75) is 38.8 Å². The third-order valence-electron chi connectivity index (χ3n) is 5.83. The number of ether oxygens (including phenoxy) is 1. The lowest BCUT2D eigenvalue weighted by molar-refractivity contribution is 0.230. The highest BCUT2D eigenvalue weighted by atomic mass is 35.5. The van der Waals surface area contributed by atoms with E-state index in [-0.39, 0.29) is 10.8 Å². The minimum atomic E-state index is -0.603. The van der Waals surface area contributed by atoms with Gasteiger partial charge < -0.3 is 20.4 Å². The van der Waals surface area contributed by atoms with E-state index in [2.05, 4.69) is 14.9 Å². The number of hydrogen-bond acceptors (Lipinski definition) is 4. The molecule has 0 spiro atoms. The molecular formula is C22H25Cl2FN4O. The molecule has 1 unspecified atom stereocenters. The minimum Gasteiger partial charge on any atom is -0.481 e. The maximum Gasteiger partial charge on any atom is 0.171 e. The van der Waals surface area contributed by atoms with Crippen LogP contribution < -0.4 is 15.8 Å². The van der Waals surface area contributed by atoms with Crippen LogP contribution in [0.4, 0.5) is 10.2 Å². The molecule has 5 nitrogen and oxygen atoms in total. The minimum absolute atomic E-state index is 0.0479. The molecule has 3 heterocycles. The number of rotatable bonds is 6. The molecule has 1 aliphatic heterocycles. The van der Waals surface area contributed by atoms with Crippen molar-refractivity contribution in [1.29, 1.82) is 0 Å². The third-order valence-corrected chi connectivity index (χ3v) is 6.54. The zero-order valence-corrected chi connectivity index (χ0v) is 18.3. The number of benzene rings is 1. The molecule has 1 saturated heterocycles. The number of anilines is 1. The monoisotopic (exact) mass is 450 g/mol. The third kappa shape index (κ3) is 4.22. The van der Waals surface area contributed by atoms with Crippen molar-refractivity contribution in [3.63, 3.8) is 0 Å². The van der Waals surface area contributed by atoms with E-state index < -0.39 is 11.9 Å². The van der Waals surface area contributed by atoms with Gasteiger partial charge in [0.05, 0.1) is 16.7 Å². The standard InChI is InChI=1S/C22H25Cl2FN4O/c1-13(19-16(23)2-3-17(25)20(19)24)30-21-15-7-11-29(18(15)12-28-22(21)26)10-6-14-4-8-27-9-5-14/h2-3,7,11-14,27H,4-6,8-10H2,1H3,(H2,26,28). The smallest absolute Gasteiger partial charge is 0.171 e. The van der Waals surface area contributed by atoms with E-state index in [9.17, 15) is 4.39 Å². The Morgan fingerprint density at radius 1 is 1.30 bits per heavy atom. The van der Waals surface area contributed by atoms with E-state index in [1.165, 1.54) is 25.0 Å². The molecule has 0 amide bonds. The molecule has 1 atom stereocenters. The number of nitrogens with zero attached hydrogens (tertiary/aromatic N) is 2. The van der Waals surface area contributed by atoms with Crippen molar-refractivity contribution in [3.8, 4) is 5.75 Å². The second-order valence-corrected chi connectivity index (χ2v) is 8.56. The predicted molar refractivity (Wildman–Crippen MR) is 120 cm³/mol. The Labute approximate surface area is 185 Å². The zero-order chi connectivity index (χ0) is 21.3. The molecule has 2 aromatic heterocycles.